The zero-order valence-corrected chi connectivity index (χ0v) is 9.32. The molecule has 1 heterocycles. The van der Waals surface area contributed by atoms with Crippen LogP contribution >= 0.6 is 0 Å². The first-order valence-corrected chi connectivity index (χ1v) is 5.81. The lowest BCUT2D eigenvalue weighted by molar-refractivity contribution is 0.0100. The number of hydrogen-bond donors (Lipinski definition) is 1. The van der Waals surface area contributed by atoms with Crippen molar-refractivity contribution in [2.24, 2.45) is 0 Å². The average molecular weight is 198 g/mol. The Kier molecular flexibility index (Phi) is 3.10. The highest BCUT2D eigenvalue weighted by molar-refractivity contribution is 4.90. The van der Waals surface area contributed by atoms with Crippen LogP contribution in [0.2, 0.25) is 0 Å². The second kappa shape index (κ2) is 4.17. The molecule has 0 aromatic carbocycles. The highest BCUT2D eigenvalue weighted by Gasteiger charge is 2.34. The van der Waals surface area contributed by atoms with E-state index in [0.29, 0.717) is 12.1 Å². The Morgan fingerprint density at radius 3 is 2.57 bits per heavy atom. The maximum absolute atomic E-state index is 9.87. The largest absolute Gasteiger partial charge is 0.391 e. The van der Waals surface area contributed by atoms with Gasteiger partial charge in [-0.1, -0.05) is 0 Å². The summed E-state index contributed by atoms with van der Waals surface area (Å²) in [7, 11) is 2.18. The van der Waals surface area contributed by atoms with Gasteiger partial charge in [0.1, 0.15) is 0 Å². The molecule has 1 saturated carbocycles. The molecule has 2 rings (SSSR count). The molecule has 0 aromatic rings. The van der Waals surface area contributed by atoms with Crippen LogP contribution in [-0.4, -0.2) is 59.8 Å². The van der Waals surface area contributed by atoms with Gasteiger partial charge in [0.2, 0.25) is 0 Å². The minimum Gasteiger partial charge on any atom is -0.391 e. The monoisotopic (exact) mass is 198 g/mol. The summed E-state index contributed by atoms with van der Waals surface area (Å²) in [6.45, 7) is 5.69. The van der Waals surface area contributed by atoms with E-state index in [1.165, 1.54) is 12.8 Å². The van der Waals surface area contributed by atoms with Gasteiger partial charge in [0, 0.05) is 31.7 Å². The Labute approximate surface area is 86.7 Å². The van der Waals surface area contributed by atoms with Crippen LogP contribution in [0.25, 0.3) is 0 Å². The molecule has 0 bridgehead atoms. The van der Waals surface area contributed by atoms with Gasteiger partial charge in [0.25, 0.3) is 0 Å². The van der Waals surface area contributed by atoms with Gasteiger partial charge in [-0.15, -0.1) is 0 Å². The van der Waals surface area contributed by atoms with Crippen LogP contribution < -0.4 is 0 Å². The fourth-order valence-electron chi connectivity index (χ4n) is 2.95. The van der Waals surface area contributed by atoms with Gasteiger partial charge in [-0.05, 0) is 33.2 Å². The van der Waals surface area contributed by atoms with Gasteiger partial charge in [-0.25, -0.2) is 0 Å². The van der Waals surface area contributed by atoms with Crippen LogP contribution in [-0.2, 0) is 0 Å². The number of aliphatic hydroxyl groups is 1. The summed E-state index contributed by atoms with van der Waals surface area (Å²) in [6.07, 6.45) is 3.32. The number of hydrogen-bond acceptors (Lipinski definition) is 3. The third-order valence-corrected chi connectivity index (χ3v) is 3.75. The van der Waals surface area contributed by atoms with Crippen molar-refractivity contribution < 1.29 is 5.11 Å². The zero-order valence-electron chi connectivity index (χ0n) is 9.32. The van der Waals surface area contributed by atoms with Crippen molar-refractivity contribution in [1.82, 2.24) is 9.80 Å². The molecular weight excluding hydrogens is 176 g/mol. The van der Waals surface area contributed by atoms with Crippen molar-refractivity contribution in [3.05, 3.63) is 0 Å². The molecule has 82 valence electrons. The van der Waals surface area contributed by atoms with E-state index in [0.717, 1.165) is 26.1 Å². The smallest absolute Gasteiger partial charge is 0.0695 e. The summed E-state index contributed by atoms with van der Waals surface area (Å²) in [5.41, 5.74) is 0. The molecule has 1 aliphatic heterocycles. The van der Waals surface area contributed by atoms with Gasteiger partial charge in [0.05, 0.1) is 6.10 Å². The third-order valence-electron chi connectivity index (χ3n) is 3.75. The Hall–Kier alpha value is -0.120. The summed E-state index contributed by atoms with van der Waals surface area (Å²) >= 11 is 0. The molecule has 0 spiro atoms. The first-order chi connectivity index (χ1) is 6.68. The van der Waals surface area contributed by atoms with E-state index >= 15 is 0 Å². The highest BCUT2D eigenvalue weighted by atomic mass is 16.3. The number of aliphatic hydroxyl groups excluding tert-OH is 1. The molecule has 3 atom stereocenters. The molecule has 1 aliphatic carbocycles. The van der Waals surface area contributed by atoms with Crippen molar-refractivity contribution >= 4 is 0 Å². The van der Waals surface area contributed by atoms with Crippen LogP contribution in [0.5, 0.6) is 0 Å². The summed E-state index contributed by atoms with van der Waals surface area (Å²) < 4.78 is 0. The minimum absolute atomic E-state index is 0.0687. The van der Waals surface area contributed by atoms with Crippen LogP contribution in [0.3, 0.4) is 0 Å². The highest BCUT2D eigenvalue weighted by Crippen LogP contribution is 2.26. The molecule has 3 heteroatoms. The van der Waals surface area contributed by atoms with Gasteiger partial charge in [-0.2, -0.15) is 0 Å². The average Bonchev–Trinajstić information content (AvgIpc) is 2.52. The number of rotatable bonds is 1. The molecule has 1 N–H and O–H groups in total. The predicted molar refractivity (Wildman–Crippen MR) is 57.3 cm³/mol. The molecule has 1 unspecified atom stereocenters. The van der Waals surface area contributed by atoms with Crippen molar-refractivity contribution in [3.8, 4) is 0 Å². The summed E-state index contributed by atoms with van der Waals surface area (Å²) in [5.74, 6) is 0. The molecular formula is C11H22N2O. The van der Waals surface area contributed by atoms with Gasteiger partial charge in [-0.3, -0.25) is 4.90 Å². The lowest BCUT2D eigenvalue weighted by Gasteiger charge is -2.42. The Balaban J connectivity index is 1.96. The standard InChI is InChI=1S/C11H22N2O/c1-9-8-12(2)6-7-13(9)10-4-3-5-11(10)14/h9-11,14H,3-8H2,1-2H3/t9?,10-,11-/m0/s1. The van der Waals surface area contributed by atoms with Gasteiger partial charge >= 0.3 is 0 Å². The van der Waals surface area contributed by atoms with Crippen molar-refractivity contribution in [2.75, 3.05) is 26.7 Å². The normalized spacial score (nSPS) is 41.8. The SMILES string of the molecule is CC1CN(C)CCN1[C@H]1CCC[C@@H]1O. The zero-order chi connectivity index (χ0) is 10.1. The molecule has 1 saturated heterocycles. The Morgan fingerprint density at radius 2 is 2.00 bits per heavy atom. The summed E-state index contributed by atoms with van der Waals surface area (Å²) in [5, 5.41) is 9.87. The number of likely N-dealkylation sites (N-methyl/N-ethyl adjacent to an activating group) is 1. The Morgan fingerprint density at radius 1 is 1.21 bits per heavy atom. The fourth-order valence-corrected chi connectivity index (χ4v) is 2.95. The summed E-state index contributed by atoms with van der Waals surface area (Å²) in [6, 6.07) is 1.05. The van der Waals surface area contributed by atoms with Crippen molar-refractivity contribution in [2.45, 2.75) is 44.4 Å². The second-order valence-electron chi connectivity index (χ2n) is 4.91. The van der Waals surface area contributed by atoms with E-state index in [2.05, 4.69) is 23.8 Å². The van der Waals surface area contributed by atoms with E-state index in [9.17, 15) is 5.11 Å². The predicted octanol–water partition coefficient (Wildman–Crippen LogP) is 0.536. The topological polar surface area (TPSA) is 26.7 Å². The molecule has 0 amide bonds. The lowest BCUT2D eigenvalue weighted by Crippen LogP contribution is -2.56. The lowest BCUT2D eigenvalue weighted by atomic mass is 10.1. The fraction of sp³-hybridized carbons (Fsp3) is 1.00. The first-order valence-electron chi connectivity index (χ1n) is 5.81. The van der Waals surface area contributed by atoms with Crippen LogP contribution in [0, 0.1) is 0 Å². The Bertz CT molecular complexity index is 198. The van der Waals surface area contributed by atoms with E-state index < -0.39 is 0 Å². The maximum atomic E-state index is 9.87. The molecule has 0 aromatic heterocycles. The summed E-state index contributed by atoms with van der Waals surface area (Å²) in [4.78, 5) is 4.89. The van der Waals surface area contributed by atoms with Gasteiger partial charge in [0.15, 0.2) is 0 Å². The van der Waals surface area contributed by atoms with Gasteiger partial charge < -0.3 is 10.0 Å². The minimum atomic E-state index is -0.0687. The van der Waals surface area contributed by atoms with E-state index in [1.807, 2.05) is 0 Å². The third kappa shape index (κ3) is 1.95. The van der Waals surface area contributed by atoms with Crippen molar-refractivity contribution in [3.63, 3.8) is 0 Å². The van der Waals surface area contributed by atoms with E-state index in [4.69, 9.17) is 0 Å². The molecule has 14 heavy (non-hydrogen) atoms. The molecule has 0 radical (unpaired) electrons. The molecule has 2 fully saturated rings. The molecule has 3 nitrogen and oxygen atoms in total. The molecule has 2 aliphatic rings. The number of piperazine rings is 1. The van der Waals surface area contributed by atoms with Crippen molar-refractivity contribution in [1.29, 1.82) is 0 Å². The van der Waals surface area contributed by atoms with Crippen LogP contribution in [0.15, 0.2) is 0 Å². The first kappa shape index (κ1) is 10.4. The van der Waals surface area contributed by atoms with E-state index in [1.54, 1.807) is 0 Å². The van der Waals surface area contributed by atoms with Crippen LogP contribution in [0.4, 0.5) is 0 Å². The van der Waals surface area contributed by atoms with Crippen LogP contribution in [0.1, 0.15) is 26.2 Å². The number of nitrogens with zero attached hydrogens (tertiary/aromatic N) is 2. The maximum Gasteiger partial charge on any atom is 0.0695 e. The second-order valence-corrected chi connectivity index (χ2v) is 4.91. The quantitative estimate of drug-likeness (QED) is 0.666. The van der Waals surface area contributed by atoms with E-state index in [-0.39, 0.29) is 6.10 Å².